The maximum Gasteiger partial charge on any atom is 0.137 e. The van der Waals surface area contributed by atoms with Gasteiger partial charge in [0, 0.05) is 45.2 Å². The Kier molecular flexibility index (Phi) is 4.47. The van der Waals surface area contributed by atoms with Gasteiger partial charge in [0.2, 0.25) is 0 Å². The van der Waals surface area contributed by atoms with Crippen LogP contribution in [0.4, 0.5) is 0 Å². The lowest BCUT2D eigenvalue weighted by Crippen LogP contribution is -2.09. The molecule has 0 fully saturated rings. The number of nitrogens with two attached hydrogens (primary N) is 1. The molecule has 2 N–H and O–H groups in total. The van der Waals surface area contributed by atoms with Crippen LogP contribution in [0, 0.1) is 0 Å². The zero-order valence-electron chi connectivity index (χ0n) is 11.2. The smallest absolute Gasteiger partial charge is 0.137 e. The highest BCUT2D eigenvalue weighted by molar-refractivity contribution is 5.81. The Labute approximate surface area is 113 Å². The van der Waals surface area contributed by atoms with E-state index in [4.69, 9.17) is 5.73 Å². The summed E-state index contributed by atoms with van der Waals surface area (Å²) in [5.41, 5.74) is 7.76. The zero-order valence-corrected chi connectivity index (χ0v) is 11.2. The molecule has 2 aromatic rings. The third-order valence-electron chi connectivity index (χ3n) is 3.27. The molecule has 2 rings (SSSR count). The van der Waals surface area contributed by atoms with Gasteiger partial charge in [0.05, 0.1) is 0 Å². The molecule has 0 aliphatic heterocycles. The average molecular weight is 257 g/mol. The topological polar surface area (TPSA) is 60.9 Å². The highest BCUT2D eigenvalue weighted by Gasteiger charge is 2.08. The number of nitrogens with zero attached hydrogens (tertiary/aromatic N) is 2. The summed E-state index contributed by atoms with van der Waals surface area (Å²) in [6, 6.07) is 7.84. The van der Waals surface area contributed by atoms with Crippen molar-refractivity contribution in [1.82, 2.24) is 9.55 Å². The van der Waals surface area contributed by atoms with E-state index in [1.165, 1.54) is 0 Å². The summed E-state index contributed by atoms with van der Waals surface area (Å²) in [6.07, 6.45) is 5.31. The average Bonchev–Trinajstić information content (AvgIpc) is 2.82. The van der Waals surface area contributed by atoms with E-state index in [2.05, 4.69) is 4.98 Å². The molecular formula is C15H19N3O. The molecule has 100 valence electrons. The van der Waals surface area contributed by atoms with Crippen molar-refractivity contribution in [1.29, 1.82) is 0 Å². The fraction of sp³-hybridized carbons (Fsp3) is 0.333. The van der Waals surface area contributed by atoms with Crippen LogP contribution in [0.2, 0.25) is 0 Å². The monoisotopic (exact) mass is 257 g/mol. The normalized spacial score (nSPS) is 10.6. The molecule has 0 aliphatic carbocycles. The number of imidazole rings is 1. The second-order valence-corrected chi connectivity index (χ2v) is 4.64. The molecule has 0 bridgehead atoms. The summed E-state index contributed by atoms with van der Waals surface area (Å²) in [5, 5.41) is 0. The van der Waals surface area contributed by atoms with E-state index in [0.29, 0.717) is 25.8 Å². The Hall–Kier alpha value is -1.94. The summed E-state index contributed by atoms with van der Waals surface area (Å²) in [7, 11) is 1.94. The van der Waals surface area contributed by atoms with Gasteiger partial charge in [-0.15, -0.1) is 0 Å². The van der Waals surface area contributed by atoms with Crippen LogP contribution in [0.15, 0.2) is 36.7 Å². The van der Waals surface area contributed by atoms with Gasteiger partial charge in [-0.25, -0.2) is 4.98 Å². The fourth-order valence-corrected chi connectivity index (χ4v) is 2.12. The number of ketones is 1. The molecule has 1 aromatic carbocycles. The van der Waals surface area contributed by atoms with Crippen molar-refractivity contribution in [2.24, 2.45) is 12.8 Å². The molecule has 1 heterocycles. The van der Waals surface area contributed by atoms with Gasteiger partial charge in [0.15, 0.2) is 0 Å². The SMILES string of the molecule is Cn1ccnc1CCC(=O)Cc1ccccc1CN. The molecule has 4 nitrogen and oxygen atoms in total. The van der Waals surface area contributed by atoms with Crippen molar-refractivity contribution >= 4 is 5.78 Å². The maximum atomic E-state index is 12.0. The summed E-state index contributed by atoms with van der Waals surface area (Å²) in [5.74, 6) is 1.17. The van der Waals surface area contributed by atoms with Crippen molar-refractivity contribution in [3.8, 4) is 0 Å². The Morgan fingerprint density at radius 2 is 2.05 bits per heavy atom. The van der Waals surface area contributed by atoms with Crippen molar-refractivity contribution < 1.29 is 4.79 Å². The van der Waals surface area contributed by atoms with Gasteiger partial charge in [0.25, 0.3) is 0 Å². The summed E-state index contributed by atoms with van der Waals surface area (Å²) >= 11 is 0. The molecule has 1 aromatic heterocycles. The Morgan fingerprint density at radius 1 is 1.32 bits per heavy atom. The minimum absolute atomic E-state index is 0.226. The lowest BCUT2D eigenvalue weighted by molar-refractivity contribution is -0.118. The van der Waals surface area contributed by atoms with E-state index in [9.17, 15) is 4.79 Å². The standard InChI is InChI=1S/C15H19N3O/c1-18-9-8-17-15(18)7-6-14(19)10-12-4-2-3-5-13(12)11-16/h2-5,8-9H,6-7,10-11,16H2,1H3. The first-order valence-electron chi connectivity index (χ1n) is 6.45. The van der Waals surface area contributed by atoms with Gasteiger partial charge in [-0.2, -0.15) is 0 Å². The number of aromatic nitrogens is 2. The molecule has 0 saturated carbocycles. The lowest BCUT2D eigenvalue weighted by atomic mass is 10.0. The van der Waals surface area contributed by atoms with E-state index in [1.54, 1.807) is 6.20 Å². The summed E-state index contributed by atoms with van der Waals surface area (Å²) in [6.45, 7) is 0.475. The molecule has 19 heavy (non-hydrogen) atoms. The largest absolute Gasteiger partial charge is 0.338 e. The number of Topliss-reactive ketones (excluding diaryl/α,β-unsaturated/α-hetero) is 1. The zero-order chi connectivity index (χ0) is 13.7. The van der Waals surface area contributed by atoms with Crippen LogP contribution in [0.3, 0.4) is 0 Å². The van der Waals surface area contributed by atoms with Crippen molar-refractivity contribution in [2.45, 2.75) is 25.8 Å². The van der Waals surface area contributed by atoms with Gasteiger partial charge in [-0.1, -0.05) is 24.3 Å². The van der Waals surface area contributed by atoms with E-state index in [-0.39, 0.29) is 5.78 Å². The quantitative estimate of drug-likeness (QED) is 0.855. The van der Waals surface area contributed by atoms with Crippen LogP contribution >= 0.6 is 0 Å². The van der Waals surface area contributed by atoms with Crippen LogP contribution in [-0.2, 0) is 31.2 Å². The molecule has 0 radical (unpaired) electrons. The third kappa shape index (κ3) is 3.51. The fourth-order valence-electron chi connectivity index (χ4n) is 2.12. The van der Waals surface area contributed by atoms with E-state index in [1.807, 2.05) is 42.1 Å². The van der Waals surface area contributed by atoms with Crippen molar-refractivity contribution in [3.05, 3.63) is 53.6 Å². The summed E-state index contributed by atoms with van der Waals surface area (Å²) < 4.78 is 1.95. The molecule has 0 aliphatic rings. The maximum absolute atomic E-state index is 12.0. The first-order valence-corrected chi connectivity index (χ1v) is 6.45. The van der Waals surface area contributed by atoms with Gasteiger partial charge >= 0.3 is 0 Å². The van der Waals surface area contributed by atoms with Crippen LogP contribution in [0.25, 0.3) is 0 Å². The first-order chi connectivity index (χ1) is 9.20. The number of benzene rings is 1. The molecule has 0 amide bonds. The highest BCUT2D eigenvalue weighted by atomic mass is 16.1. The minimum Gasteiger partial charge on any atom is -0.338 e. The van der Waals surface area contributed by atoms with Crippen LogP contribution in [-0.4, -0.2) is 15.3 Å². The van der Waals surface area contributed by atoms with Gasteiger partial charge in [-0.05, 0) is 11.1 Å². The second-order valence-electron chi connectivity index (χ2n) is 4.64. The van der Waals surface area contributed by atoms with Crippen molar-refractivity contribution in [2.75, 3.05) is 0 Å². The van der Waals surface area contributed by atoms with Gasteiger partial charge < -0.3 is 10.3 Å². The first kappa shape index (κ1) is 13.5. The van der Waals surface area contributed by atoms with Crippen LogP contribution in [0.1, 0.15) is 23.4 Å². The highest BCUT2D eigenvalue weighted by Crippen LogP contribution is 2.11. The Balaban J connectivity index is 1.93. The molecular weight excluding hydrogens is 238 g/mol. The molecule has 4 heteroatoms. The lowest BCUT2D eigenvalue weighted by Gasteiger charge is -2.07. The number of hydrogen-bond donors (Lipinski definition) is 1. The van der Waals surface area contributed by atoms with Gasteiger partial charge in [0.1, 0.15) is 11.6 Å². The Bertz CT molecular complexity index is 560. The predicted octanol–water partition coefficient (Wildman–Crippen LogP) is 1.62. The van der Waals surface area contributed by atoms with Gasteiger partial charge in [-0.3, -0.25) is 4.79 Å². The van der Waals surface area contributed by atoms with Crippen molar-refractivity contribution in [3.63, 3.8) is 0 Å². The predicted molar refractivity (Wildman–Crippen MR) is 74.6 cm³/mol. The van der Waals surface area contributed by atoms with E-state index < -0.39 is 0 Å². The molecule has 0 saturated heterocycles. The Morgan fingerprint density at radius 3 is 2.68 bits per heavy atom. The third-order valence-corrected chi connectivity index (χ3v) is 3.27. The number of carbonyl (C=O) groups is 1. The molecule has 0 unspecified atom stereocenters. The number of hydrogen-bond acceptors (Lipinski definition) is 3. The van der Waals surface area contributed by atoms with Crippen LogP contribution in [0.5, 0.6) is 0 Å². The minimum atomic E-state index is 0.226. The van der Waals surface area contributed by atoms with E-state index in [0.717, 1.165) is 17.0 Å². The summed E-state index contributed by atoms with van der Waals surface area (Å²) in [4.78, 5) is 16.2. The molecule has 0 spiro atoms. The van der Waals surface area contributed by atoms with E-state index >= 15 is 0 Å². The second kappa shape index (κ2) is 6.29. The number of aryl methyl sites for hydroxylation is 2. The van der Waals surface area contributed by atoms with Crippen LogP contribution < -0.4 is 5.73 Å². The number of carbonyl (C=O) groups excluding carboxylic acids is 1. The number of rotatable bonds is 6. The molecule has 0 atom stereocenters.